The first-order valence-electron chi connectivity index (χ1n) is 5.24. The van der Waals surface area contributed by atoms with Crippen LogP contribution in [0.5, 0.6) is 5.75 Å². The number of pyridine rings is 1. The van der Waals surface area contributed by atoms with Crippen molar-refractivity contribution in [1.29, 1.82) is 0 Å². The van der Waals surface area contributed by atoms with Crippen molar-refractivity contribution in [3.8, 4) is 17.0 Å². The number of nitrogens with two attached hydrogens (primary N) is 1. The van der Waals surface area contributed by atoms with Crippen LogP contribution in [0.4, 0.5) is 0 Å². The molecule has 0 saturated carbocycles. The van der Waals surface area contributed by atoms with Crippen LogP contribution in [0.1, 0.15) is 5.56 Å². The quantitative estimate of drug-likeness (QED) is 0.850. The molecule has 0 unspecified atom stereocenters. The van der Waals surface area contributed by atoms with Crippen molar-refractivity contribution in [2.24, 2.45) is 5.73 Å². The van der Waals surface area contributed by atoms with Gasteiger partial charge in [0.2, 0.25) is 0 Å². The number of aromatic nitrogens is 1. The molecule has 4 heteroatoms. The molecule has 0 atom stereocenters. The van der Waals surface area contributed by atoms with E-state index in [2.05, 4.69) is 4.98 Å². The van der Waals surface area contributed by atoms with Gasteiger partial charge in [0.15, 0.2) is 0 Å². The van der Waals surface area contributed by atoms with Gasteiger partial charge in [0.1, 0.15) is 10.9 Å². The molecule has 0 saturated heterocycles. The molecule has 0 bridgehead atoms. The molecule has 0 aliphatic heterocycles. The molecule has 2 rings (SSSR count). The van der Waals surface area contributed by atoms with E-state index in [0.717, 1.165) is 22.6 Å². The van der Waals surface area contributed by atoms with Gasteiger partial charge in [-0.2, -0.15) is 0 Å². The van der Waals surface area contributed by atoms with Crippen molar-refractivity contribution in [2.45, 2.75) is 6.54 Å². The second kappa shape index (κ2) is 5.17. The van der Waals surface area contributed by atoms with Crippen molar-refractivity contribution < 1.29 is 4.74 Å². The number of hydrogen-bond donors (Lipinski definition) is 1. The number of rotatable bonds is 3. The molecule has 0 aliphatic carbocycles. The molecule has 2 aromatic rings. The average molecular weight is 249 g/mol. The van der Waals surface area contributed by atoms with Gasteiger partial charge in [0.05, 0.1) is 12.8 Å². The van der Waals surface area contributed by atoms with Crippen LogP contribution in [0.25, 0.3) is 11.3 Å². The van der Waals surface area contributed by atoms with Gasteiger partial charge in [-0.3, -0.25) is 0 Å². The zero-order valence-electron chi connectivity index (χ0n) is 9.48. The predicted molar refractivity (Wildman–Crippen MR) is 69.1 cm³/mol. The molecule has 1 aromatic heterocycles. The maximum Gasteiger partial charge on any atom is 0.130 e. The third-order valence-corrected chi connectivity index (χ3v) is 2.65. The lowest BCUT2D eigenvalue weighted by Crippen LogP contribution is -1.98. The standard InChI is InChI=1S/C13H13ClN2O/c1-17-11-4-2-3-10(7-11)12-5-9(8-15)6-13(14)16-12/h2-7H,8,15H2,1H3. The van der Waals surface area contributed by atoms with E-state index in [4.69, 9.17) is 22.1 Å². The minimum atomic E-state index is 0.444. The Hall–Kier alpha value is -1.58. The molecule has 17 heavy (non-hydrogen) atoms. The lowest BCUT2D eigenvalue weighted by atomic mass is 10.1. The number of hydrogen-bond acceptors (Lipinski definition) is 3. The summed E-state index contributed by atoms with van der Waals surface area (Å²) in [6, 6.07) is 11.4. The molecule has 0 spiro atoms. The van der Waals surface area contributed by atoms with Crippen LogP contribution in [0, 0.1) is 0 Å². The van der Waals surface area contributed by atoms with E-state index in [0.29, 0.717) is 11.7 Å². The Kier molecular flexibility index (Phi) is 3.61. The zero-order valence-corrected chi connectivity index (χ0v) is 10.2. The highest BCUT2D eigenvalue weighted by Gasteiger charge is 2.04. The Balaban J connectivity index is 2.47. The largest absolute Gasteiger partial charge is 0.497 e. The fraction of sp³-hybridized carbons (Fsp3) is 0.154. The van der Waals surface area contributed by atoms with Gasteiger partial charge in [0, 0.05) is 12.1 Å². The summed E-state index contributed by atoms with van der Waals surface area (Å²) in [5.41, 5.74) is 8.33. The first kappa shape index (κ1) is 11.9. The van der Waals surface area contributed by atoms with Crippen LogP contribution < -0.4 is 10.5 Å². The minimum absolute atomic E-state index is 0.444. The maximum atomic E-state index is 5.95. The Morgan fingerprint density at radius 3 is 2.82 bits per heavy atom. The summed E-state index contributed by atoms with van der Waals surface area (Å²) in [6.07, 6.45) is 0. The molecule has 3 nitrogen and oxygen atoms in total. The Morgan fingerprint density at radius 2 is 2.12 bits per heavy atom. The van der Waals surface area contributed by atoms with Gasteiger partial charge in [-0.1, -0.05) is 23.7 Å². The van der Waals surface area contributed by atoms with Gasteiger partial charge in [-0.15, -0.1) is 0 Å². The first-order chi connectivity index (χ1) is 8.22. The van der Waals surface area contributed by atoms with E-state index in [1.54, 1.807) is 13.2 Å². The summed E-state index contributed by atoms with van der Waals surface area (Å²) in [7, 11) is 1.63. The molecule has 0 aliphatic rings. The fourth-order valence-corrected chi connectivity index (χ4v) is 1.83. The Labute approximate surface area is 105 Å². The summed E-state index contributed by atoms with van der Waals surface area (Å²) in [4.78, 5) is 4.28. The van der Waals surface area contributed by atoms with Crippen molar-refractivity contribution >= 4 is 11.6 Å². The maximum absolute atomic E-state index is 5.95. The van der Waals surface area contributed by atoms with Gasteiger partial charge in [-0.05, 0) is 29.8 Å². The highest BCUT2D eigenvalue weighted by Crippen LogP contribution is 2.24. The first-order valence-corrected chi connectivity index (χ1v) is 5.61. The zero-order chi connectivity index (χ0) is 12.3. The second-order valence-corrected chi connectivity index (χ2v) is 4.01. The third-order valence-electron chi connectivity index (χ3n) is 2.46. The van der Waals surface area contributed by atoms with E-state index in [9.17, 15) is 0 Å². The molecular formula is C13H13ClN2O. The molecule has 1 heterocycles. The lowest BCUT2D eigenvalue weighted by molar-refractivity contribution is 0.415. The smallest absolute Gasteiger partial charge is 0.130 e. The third kappa shape index (κ3) is 2.75. The number of nitrogens with zero attached hydrogens (tertiary/aromatic N) is 1. The van der Waals surface area contributed by atoms with E-state index in [1.807, 2.05) is 30.3 Å². The Bertz CT molecular complexity index is 529. The van der Waals surface area contributed by atoms with E-state index in [-0.39, 0.29) is 0 Å². The van der Waals surface area contributed by atoms with Gasteiger partial charge >= 0.3 is 0 Å². The summed E-state index contributed by atoms with van der Waals surface area (Å²) < 4.78 is 5.18. The van der Waals surface area contributed by atoms with E-state index in [1.165, 1.54) is 0 Å². The van der Waals surface area contributed by atoms with E-state index < -0.39 is 0 Å². The van der Waals surface area contributed by atoms with Crippen molar-refractivity contribution in [2.75, 3.05) is 7.11 Å². The van der Waals surface area contributed by atoms with Crippen molar-refractivity contribution in [3.63, 3.8) is 0 Å². The number of methoxy groups -OCH3 is 1. The van der Waals surface area contributed by atoms with Crippen molar-refractivity contribution in [3.05, 3.63) is 47.1 Å². The van der Waals surface area contributed by atoms with Crippen LogP contribution >= 0.6 is 11.6 Å². The summed E-state index contributed by atoms with van der Waals surface area (Å²) in [5, 5.41) is 0.450. The molecule has 88 valence electrons. The van der Waals surface area contributed by atoms with Crippen LogP contribution in [-0.2, 0) is 6.54 Å². The van der Waals surface area contributed by atoms with Crippen LogP contribution in [0.2, 0.25) is 5.15 Å². The van der Waals surface area contributed by atoms with Gasteiger partial charge < -0.3 is 10.5 Å². The monoisotopic (exact) mass is 248 g/mol. The van der Waals surface area contributed by atoms with Crippen LogP contribution in [0.3, 0.4) is 0 Å². The lowest BCUT2D eigenvalue weighted by Gasteiger charge is -2.06. The fourth-order valence-electron chi connectivity index (χ4n) is 1.60. The minimum Gasteiger partial charge on any atom is -0.497 e. The molecule has 0 fully saturated rings. The molecule has 2 N–H and O–H groups in total. The highest BCUT2D eigenvalue weighted by atomic mass is 35.5. The molecule has 0 amide bonds. The molecular weight excluding hydrogens is 236 g/mol. The highest BCUT2D eigenvalue weighted by molar-refractivity contribution is 6.29. The van der Waals surface area contributed by atoms with E-state index >= 15 is 0 Å². The summed E-state index contributed by atoms with van der Waals surface area (Å²) in [6.45, 7) is 0.444. The summed E-state index contributed by atoms with van der Waals surface area (Å²) >= 11 is 5.95. The average Bonchev–Trinajstić information content (AvgIpc) is 2.38. The number of halogens is 1. The van der Waals surface area contributed by atoms with Crippen molar-refractivity contribution in [1.82, 2.24) is 4.98 Å². The topological polar surface area (TPSA) is 48.1 Å². The van der Waals surface area contributed by atoms with Crippen LogP contribution in [-0.4, -0.2) is 12.1 Å². The van der Waals surface area contributed by atoms with Gasteiger partial charge in [0.25, 0.3) is 0 Å². The normalized spacial score (nSPS) is 10.3. The predicted octanol–water partition coefficient (Wildman–Crippen LogP) is 2.87. The second-order valence-electron chi connectivity index (χ2n) is 3.62. The van der Waals surface area contributed by atoms with Gasteiger partial charge in [-0.25, -0.2) is 4.98 Å². The molecule has 0 radical (unpaired) electrons. The number of benzene rings is 1. The van der Waals surface area contributed by atoms with Crippen LogP contribution in [0.15, 0.2) is 36.4 Å². The Morgan fingerprint density at radius 1 is 1.29 bits per heavy atom. The summed E-state index contributed by atoms with van der Waals surface area (Å²) in [5.74, 6) is 0.790. The molecule has 1 aromatic carbocycles. The SMILES string of the molecule is COc1cccc(-c2cc(CN)cc(Cl)n2)c1. The number of ether oxygens (including phenoxy) is 1.